The lowest BCUT2D eigenvalue weighted by atomic mass is 10.2. The van der Waals surface area contributed by atoms with Crippen LogP contribution >= 0.6 is 0 Å². The van der Waals surface area contributed by atoms with E-state index in [4.69, 9.17) is 9.47 Å². The lowest BCUT2D eigenvalue weighted by Crippen LogP contribution is -2.36. The molecule has 0 aliphatic carbocycles. The number of rotatable bonds is 5. The maximum absolute atomic E-state index is 5.53. The Kier molecular flexibility index (Phi) is 5.82. The fraction of sp³-hybridized carbons (Fsp3) is 0.583. The number of ether oxygens (including phenoxy) is 2. The third-order valence-electron chi connectivity index (χ3n) is 2.09. The molecule has 1 aliphatic rings. The Labute approximate surface area is 97.0 Å². The zero-order chi connectivity index (χ0) is 11.8. The summed E-state index contributed by atoms with van der Waals surface area (Å²) in [4.78, 5) is 3.76. The van der Waals surface area contributed by atoms with Crippen LogP contribution in [0.4, 0.5) is 0 Å². The maximum atomic E-state index is 5.53. The van der Waals surface area contributed by atoms with Crippen LogP contribution in [-0.2, 0) is 9.47 Å². The second kappa shape index (κ2) is 7.19. The van der Waals surface area contributed by atoms with Crippen LogP contribution in [0.15, 0.2) is 28.5 Å². The Bertz CT molecular complexity index is 275. The number of hydrogen-bond donors (Lipinski definition) is 1. The molecule has 1 atom stereocenters. The van der Waals surface area contributed by atoms with E-state index in [0.717, 1.165) is 12.2 Å². The fourth-order valence-corrected chi connectivity index (χ4v) is 1.43. The molecule has 1 unspecified atom stereocenters. The minimum absolute atomic E-state index is 0.118. The van der Waals surface area contributed by atoms with Crippen LogP contribution in [0.1, 0.15) is 13.8 Å². The topological polar surface area (TPSA) is 42.9 Å². The maximum Gasteiger partial charge on any atom is 0.0981 e. The van der Waals surface area contributed by atoms with Gasteiger partial charge in [0.1, 0.15) is 0 Å². The first kappa shape index (κ1) is 12.9. The van der Waals surface area contributed by atoms with Crippen molar-refractivity contribution in [3.05, 3.63) is 23.5 Å². The third kappa shape index (κ3) is 5.09. The first-order chi connectivity index (χ1) is 7.72. The minimum Gasteiger partial charge on any atom is -0.381 e. The number of nitrogens with one attached hydrogen (secondary N) is 1. The number of hydrogen-bond acceptors (Lipinski definition) is 4. The Morgan fingerprint density at radius 2 is 2.31 bits per heavy atom. The Morgan fingerprint density at radius 3 is 2.88 bits per heavy atom. The molecule has 4 heteroatoms. The van der Waals surface area contributed by atoms with Crippen molar-refractivity contribution in [2.45, 2.75) is 20.0 Å². The second-order valence-electron chi connectivity index (χ2n) is 3.94. The van der Waals surface area contributed by atoms with E-state index < -0.39 is 0 Å². The quantitative estimate of drug-likeness (QED) is 0.568. The lowest BCUT2D eigenvalue weighted by Gasteiger charge is -2.23. The van der Waals surface area contributed by atoms with Gasteiger partial charge >= 0.3 is 0 Å². The molecule has 16 heavy (non-hydrogen) atoms. The zero-order valence-electron chi connectivity index (χ0n) is 10.0. The van der Waals surface area contributed by atoms with E-state index in [9.17, 15) is 0 Å². The molecule has 1 rings (SSSR count). The predicted octanol–water partition coefficient (Wildman–Crippen LogP) is 1.50. The van der Waals surface area contributed by atoms with E-state index in [-0.39, 0.29) is 6.10 Å². The lowest BCUT2D eigenvalue weighted by molar-refractivity contribution is -0.0855. The number of aliphatic imine (C=N–C) groups is 1. The molecule has 0 radical (unpaired) electrons. The van der Waals surface area contributed by atoms with Gasteiger partial charge in [0, 0.05) is 12.7 Å². The molecule has 1 saturated heterocycles. The summed E-state index contributed by atoms with van der Waals surface area (Å²) in [5.74, 6) is 0. The highest BCUT2D eigenvalue weighted by Gasteiger charge is 2.13. The van der Waals surface area contributed by atoms with E-state index in [1.54, 1.807) is 6.20 Å². The van der Waals surface area contributed by atoms with Gasteiger partial charge in [0.25, 0.3) is 0 Å². The molecule has 0 saturated carbocycles. The first-order valence-corrected chi connectivity index (χ1v) is 5.46. The van der Waals surface area contributed by atoms with Crippen LogP contribution in [-0.4, -0.2) is 39.2 Å². The molecule has 0 amide bonds. The molecule has 0 bridgehead atoms. The van der Waals surface area contributed by atoms with Crippen LogP contribution in [0.5, 0.6) is 0 Å². The molecule has 0 aromatic carbocycles. The zero-order valence-corrected chi connectivity index (χ0v) is 10.0. The van der Waals surface area contributed by atoms with Crippen molar-refractivity contribution < 1.29 is 9.47 Å². The van der Waals surface area contributed by atoms with Gasteiger partial charge in [-0.05, 0) is 26.6 Å². The standard InChI is InChI=1S/C12H20N2O2/c1-10(2)6-11(7-13-3)14-8-12-9-15-4-5-16-12/h6-7,12,14H,3-5,8-9H2,1-2H3/b11-7+. The van der Waals surface area contributed by atoms with E-state index >= 15 is 0 Å². The van der Waals surface area contributed by atoms with Crippen molar-refractivity contribution in [2.75, 3.05) is 26.4 Å². The molecular weight excluding hydrogens is 204 g/mol. The van der Waals surface area contributed by atoms with Crippen LogP contribution < -0.4 is 5.32 Å². The molecule has 1 N–H and O–H groups in total. The summed E-state index contributed by atoms with van der Waals surface area (Å²) in [7, 11) is 0. The molecule has 1 aliphatic heterocycles. The molecule has 0 aromatic rings. The monoisotopic (exact) mass is 224 g/mol. The SMILES string of the molecule is C=N/C=C(\C=C(C)C)NCC1COCCO1. The largest absolute Gasteiger partial charge is 0.381 e. The average molecular weight is 224 g/mol. The Morgan fingerprint density at radius 1 is 1.50 bits per heavy atom. The van der Waals surface area contributed by atoms with Crippen molar-refractivity contribution >= 4 is 6.72 Å². The van der Waals surface area contributed by atoms with Crippen molar-refractivity contribution in [1.29, 1.82) is 0 Å². The first-order valence-electron chi connectivity index (χ1n) is 5.46. The van der Waals surface area contributed by atoms with Gasteiger partial charge in [-0.1, -0.05) is 5.57 Å². The number of nitrogens with zero attached hydrogens (tertiary/aromatic N) is 1. The van der Waals surface area contributed by atoms with Gasteiger partial charge in [0.2, 0.25) is 0 Å². The summed E-state index contributed by atoms with van der Waals surface area (Å²) in [5.41, 5.74) is 2.16. The van der Waals surface area contributed by atoms with Gasteiger partial charge in [0.05, 0.1) is 31.6 Å². The smallest absolute Gasteiger partial charge is 0.0981 e. The van der Waals surface area contributed by atoms with Crippen molar-refractivity contribution in [2.24, 2.45) is 4.99 Å². The molecule has 1 fully saturated rings. The van der Waals surface area contributed by atoms with Gasteiger partial charge in [-0.2, -0.15) is 0 Å². The third-order valence-corrected chi connectivity index (χ3v) is 2.09. The fourth-order valence-electron chi connectivity index (χ4n) is 1.43. The van der Waals surface area contributed by atoms with Crippen LogP contribution in [0, 0.1) is 0 Å². The average Bonchev–Trinajstić information content (AvgIpc) is 2.27. The summed E-state index contributed by atoms with van der Waals surface area (Å²) >= 11 is 0. The second-order valence-corrected chi connectivity index (χ2v) is 3.94. The van der Waals surface area contributed by atoms with Gasteiger partial charge in [-0.25, -0.2) is 0 Å². The van der Waals surface area contributed by atoms with E-state index in [0.29, 0.717) is 19.8 Å². The van der Waals surface area contributed by atoms with Crippen molar-refractivity contribution in [3.63, 3.8) is 0 Å². The van der Waals surface area contributed by atoms with Crippen LogP contribution in [0.2, 0.25) is 0 Å². The summed E-state index contributed by atoms with van der Waals surface area (Å²) in [5, 5.41) is 3.27. The van der Waals surface area contributed by atoms with Crippen LogP contribution in [0.25, 0.3) is 0 Å². The predicted molar refractivity (Wildman–Crippen MR) is 65.6 cm³/mol. The molecule has 90 valence electrons. The van der Waals surface area contributed by atoms with Crippen LogP contribution in [0.3, 0.4) is 0 Å². The molecule has 4 nitrogen and oxygen atoms in total. The normalized spacial score (nSPS) is 21.4. The van der Waals surface area contributed by atoms with Gasteiger partial charge in [-0.3, -0.25) is 4.99 Å². The molecule has 0 spiro atoms. The Hall–Kier alpha value is -1.13. The number of allylic oxidation sites excluding steroid dienone is 2. The van der Waals surface area contributed by atoms with E-state index in [1.165, 1.54) is 5.57 Å². The van der Waals surface area contributed by atoms with Gasteiger partial charge in [-0.15, -0.1) is 0 Å². The molecular formula is C12H20N2O2. The highest BCUT2D eigenvalue weighted by molar-refractivity contribution is 5.29. The summed E-state index contributed by atoms with van der Waals surface area (Å²) in [6.07, 6.45) is 3.85. The van der Waals surface area contributed by atoms with Gasteiger partial charge in [0.15, 0.2) is 0 Å². The van der Waals surface area contributed by atoms with Gasteiger partial charge < -0.3 is 14.8 Å². The molecule has 0 aromatic heterocycles. The Balaban J connectivity index is 2.40. The highest BCUT2D eigenvalue weighted by Crippen LogP contribution is 2.03. The summed E-state index contributed by atoms with van der Waals surface area (Å²) < 4.78 is 10.8. The van der Waals surface area contributed by atoms with Crippen molar-refractivity contribution in [1.82, 2.24) is 5.32 Å². The van der Waals surface area contributed by atoms with E-state index in [2.05, 4.69) is 17.0 Å². The van der Waals surface area contributed by atoms with Crippen molar-refractivity contribution in [3.8, 4) is 0 Å². The minimum atomic E-state index is 0.118. The highest BCUT2D eigenvalue weighted by atomic mass is 16.6. The summed E-state index contributed by atoms with van der Waals surface area (Å²) in [6.45, 7) is 10.3. The molecule has 1 heterocycles. The summed E-state index contributed by atoms with van der Waals surface area (Å²) in [6, 6.07) is 0. The van der Waals surface area contributed by atoms with E-state index in [1.807, 2.05) is 19.9 Å².